The van der Waals surface area contributed by atoms with Gasteiger partial charge in [0, 0.05) is 17.6 Å². The lowest BCUT2D eigenvalue weighted by atomic mass is 10.1. The summed E-state index contributed by atoms with van der Waals surface area (Å²) in [7, 11) is 0. The molecule has 1 aliphatic carbocycles. The van der Waals surface area contributed by atoms with Crippen LogP contribution in [-0.2, 0) is 4.79 Å². The van der Waals surface area contributed by atoms with Crippen molar-refractivity contribution in [2.24, 2.45) is 11.7 Å². The van der Waals surface area contributed by atoms with Gasteiger partial charge in [-0.2, -0.15) is 0 Å². The van der Waals surface area contributed by atoms with E-state index in [4.69, 9.17) is 10.5 Å². The molecule has 1 fully saturated rings. The largest absolute Gasteiger partial charge is 0.457 e. The number of rotatable bonds is 4. The van der Waals surface area contributed by atoms with Gasteiger partial charge in [-0.05, 0) is 68.1 Å². The smallest absolute Gasteiger partial charge is 0.227 e. The van der Waals surface area contributed by atoms with Crippen LogP contribution < -0.4 is 15.8 Å². The molecule has 3 N–H and O–H groups in total. The van der Waals surface area contributed by atoms with Gasteiger partial charge in [-0.3, -0.25) is 4.79 Å². The molecule has 2 atom stereocenters. The number of hydrogen-bond acceptors (Lipinski definition) is 3. The van der Waals surface area contributed by atoms with Gasteiger partial charge in [0.2, 0.25) is 5.91 Å². The summed E-state index contributed by atoms with van der Waals surface area (Å²) in [5.41, 5.74) is 7.80. The number of hydrogen-bond donors (Lipinski definition) is 2. The van der Waals surface area contributed by atoms with Crippen molar-refractivity contribution >= 4 is 24.0 Å². The quantitative estimate of drug-likeness (QED) is 0.868. The summed E-state index contributed by atoms with van der Waals surface area (Å²) in [5, 5.41) is 2.95. The van der Waals surface area contributed by atoms with Gasteiger partial charge in [0.05, 0.1) is 0 Å². The first-order chi connectivity index (χ1) is 11.1. The summed E-state index contributed by atoms with van der Waals surface area (Å²) >= 11 is 0. The molecule has 0 aromatic heterocycles. The minimum Gasteiger partial charge on any atom is -0.457 e. The van der Waals surface area contributed by atoms with Gasteiger partial charge in [0.1, 0.15) is 11.5 Å². The first-order valence-electron chi connectivity index (χ1n) is 8.01. The molecule has 128 valence electrons. The fourth-order valence-corrected chi connectivity index (χ4v) is 2.92. The zero-order chi connectivity index (χ0) is 16.2. The molecule has 0 saturated heterocycles. The highest BCUT2D eigenvalue weighted by atomic mass is 35.5. The second-order valence-corrected chi connectivity index (χ2v) is 6.20. The molecular formula is C19H23ClN2O2. The third kappa shape index (κ3) is 4.73. The van der Waals surface area contributed by atoms with Crippen LogP contribution in [0.25, 0.3) is 0 Å². The van der Waals surface area contributed by atoms with Gasteiger partial charge in [-0.25, -0.2) is 0 Å². The fourth-order valence-electron chi connectivity index (χ4n) is 2.92. The Morgan fingerprint density at radius 1 is 1.12 bits per heavy atom. The second kappa shape index (κ2) is 8.18. The minimum atomic E-state index is 0. The number of anilines is 1. The Labute approximate surface area is 148 Å². The second-order valence-electron chi connectivity index (χ2n) is 6.20. The van der Waals surface area contributed by atoms with Crippen LogP contribution in [0.1, 0.15) is 24.8 Å². The Kier molecular flexibility index (Phi) is 6.23. The van der Waals surface area contributed by atoms with Crippen LogP contribution in [0.4, 0.5) is 5.69 Å². The molecule has 0 bridgehead atoms. The van der Waals surface area contributed by atoms with Gasteiger partial charge in [-0.1, -0.05) is 12.1 Å². The summed E-state index contributed by atoms with van der Waals surface area (Å²) < 4.78 is 5.80. The lowest BCUT2D eigenvalue weighted by Gasteiger charge is -2.11. The number of carbonyl (C=O) groups is 1. The minimum absolute atomic E-state index is 0. The van der Waals surface area contributed by atoms with Crippen molar-refractivity contribution in [2.45, 2.75) is 32.2 Å². The summed E-state index contributed by atoms with van der Waals surface area (Å²) in [6, 6.07) is 15.5. The summed E-state index contributed by atoms with van der Waals surface area (Å²) in [4.78, 5) is 12.2. The van der Waals surface area contributed by atoms with E-state index in [1.807, 2.05) is 55.5 Å². The van der Waals surface area contributed by atoms with E-state index in [2.05, 4.69) is 5.32 Å². The SMILES string of the molecule is Cc1cccc(Oc2ccc(NC(=O)C3CCC(N)C3)cc2)c1.Cl. The maximum absolute atomic E-state index is 12.2. The monoisotopic (exact) mass is 346 g/mol. The summed E-state index contributed by atoms with van der Waals surface area (Å²) in [5.74, 6) is 1.65. The van der Waals surface area contributed by atoms with E-state index in [-0.39, 0.29) is 30.3 Å². The standard InChI is InChI=1S/C19H22N2O2.ClH/c1-13-3-2-4-18(11-13)23-17-9-7-16(8-10-17)21-19(22)14-5-6-15(20)12-14;/h2-4,7-11,14-15H,5-6,12,20H2,1H3,(H,21,22);1H. The maximum Gasteiger partial charge on any atom is 0.227 e. The van der Waals surface area contributed by atoms with E-state index in [1.54, 1.807) is 0 Å². The lowest BCUT2D eigenvalue weighted by Crippen LogP contribution is -2.23. The van der Waals surface area contributed by atoms with Gasteiger partial charge < -0.3 is 15.8 Å². The number of nitrogens with two attached hydrogens (primary N) is 1. The average molecular weight is 347 g/mol. The number of carbonyl (C=O) groups excluding carboxylic acids is 1. The van der Waals surface area contributed by atoms with Crippen molar-refractivity contribution in [3.05, 3.63) is 54.1 Å². The highest BCUT2D eigenvalue weighted by Gasteiger charge is 2.27. The third-order valence-electron chi connectivity index (χ3n) is 4.19. The first-order valence-corrected chi connectivity index (χ1v) is 8.01. The molecule has 2 unspecified atom stereocenters. The Bertz CT molecular complexity index is 688. The Hall–Kier alpha value is -2.04. The molecule has 24 heavy (non-hydrogen) atoms. The number of ether oxygens (including phenoxy) is 1. The van der Waals surface area contributed by atoms with E-state index in [0.29, 0.717) is 0 Å². The third-order valence-corrected chi connectivity index (χ3v) is 4.19. The topological polar surface area (TPSA) is 64.3 Å². The van der Waals surface area contributed by atoms with E-state index in [1.165, 1.54) is 0 Å². The number of nitrogens with one attached hydrogen (secondary N) is 1. The molecule has 3 rings (SSSR count). The molecule has 2 aromatic rings. The van der Waals surface area contributed by atoms with Gasteiger partial charge in [-0.15, -0.1) is 12.4 Å². The normalized spacial score (nSPS) is 19.4. The predicted octanol–water partition coefficient (Wildman–Crippen LogP) is 4.28. The van der Waals surface area contributed by atoms with Crippen LogP contribution in [-0.4, -0.2) is 11.9 Å². The highest BCUT2D eigenvalue weighted by molar-refractivity contribution is 5.92. The molecule has 0 heterocycles. The number of halogens is 1. The molecular weight excluding hydrogens is 324 g/mol. The molecule has 0 radical (unpaired) electrons. The molecule has 0 spiro atoms. The van der Waals surface area contributed by atoms with E-state index in [9.17, 15) is 4.79 Å². The Morgan fingerprint density at radius 2 is 1.88 bits per heavy atom. The van der Waals surface area contributed by atoms with Crippen molar-refractivity contribution in [1.29, 1.82) is 0 Å². The van der Waals surface area contributed by atoms with Gasteiger partial charge in [0.15, 0.2) is 0 Å². The molecule has 1 aliphatic rings. The molecule has 1 saturated carbocycles. The summed E-state index contributed by atoms with van der Waals surface area (Å²) in [6.45, 7) is 2.03. The van der Waals surface area contributed by atoms with Gasteiger partial charge in [0.25, 0.3) is 0 Å². The molecule has 4 nitrogen and oxygen atoms in total. The zero-order valence-corrected chi connectivity index (χ0v) is 14.5. The number of benzene rings is 2. The average Bonchev–Trinajstić information content (AvgIpc) is 2.96. The molecule has 0 aliphatic heterocycles. The van der Waals surface area contributed by atoms with Crippen LogP contribution in [0, 0.1) is 12.8 Å². The van der Waals surface area contributed by atoms with Crippen molar-refractivity contribution < 1.29 is 9.53 Å². The molecule has 2 aromatic carbocycles. The Balaban J connectivity index is 0.00000208. The number of amides is 1. The summed E-state index contributed by atoms with van der Waals surface area (Å²) in [6.07, 6.45) is 2.59. The van der Waals surface area contributed by atoms with E-state index in [0.717, 1.165) is 42.0 Å². The lowest BCUT2D eigenvalue weighted by molar-refractivity contribution is -0.119. The van der Waals surface area contributed by atoms with E-state index < -0.39 is 0 Å². The van der Waals surface area contributed by atoms with Crippen molar-refractivity contribution in [3.63, 3.8) is 0 Å². The highest BCUT2D eigenvalue weighted by Crippen LogP contribution is 2.27. The fraction of sp³-hybridized carbons (Fsp3) is 0.316. The molecule has 5 heteroatoms. The maximum atomic E-state index is 12.2. The molecule has 1 amide bonds. The zero-order valence-electron chi connectivity index (χ0n) is 13.7. The van der Waals surface area contributed by atoms with Crippen molar-refractivity contribution in [3.8, 4) is 11.5 Å². The van der Waals surface area contributed by atoms with Crippen LogP contribution in [0.2, 0.25) is 0 Å². The number of aryl methyl sites for hydroxylation is 1. The van der Waals surface area contributed by atoms with Crippen LogP contribution >= 0.6 is 12.4 Å². The van der Waals surface area contributed by atoms with Crippen LogP contribution in [0.15, 0.2) is 48.5 Å². The first kappa shape index (κ1) is 18.3. The van der Waals surface area contributed by atoms with Crippen molar-refractivity contribution in [2.75, 3.05) is 5.32 Å². The van der Waals surface area contributed by atoms with E-state index >= 15 is 0 Å². The van der Waals surface area contributed by atoms with Crippen LogP contribution in [0.3, 0.4) is 0 Å². The van der Waals surface area contributed by atoms with Gasteiger partial charge >= 0.3 is 0 Å². The van der Waals surface area contributed by atoms with Crippen LogP contribution in [0.5, 0.6) is 11.5 Å². The van der Waals surface area contributed by atoms with Crippen molar-refractivity contribution in [1.82, 2.24) is 0 Å². The Morgan fingerprint density at radius 3 is 2.50 bits per heavy atom. The predicted molar refractivity (Wildman–Crippen MR) is 98.9 cm³/mol.